The monoisotopic (exact) mass is 234 g/mol. The molecule has 10 heavy (non-hydrogen) atoms. The van der Waals surface area contributed by atoms with E-state index in [0.717, 1.165) is 0 Å². The van der Waals surface area contributed by atoms with E-state index in [1.807, 2.05) is 0 Å². The Hall–Kier alpha value is 0.979. The van der Waals surface area contributed by atoms with E-state index in [0.29, 0.717) is 0 Å². The van der Waals surface area contributed by atoms with Gasteiger partial charge in [0.15, 0.2) is 0 Å². The van der Waals surface area contributed by atoms with Crippen molar-refractivity contribution in [2.75, 3.05) is 0 Å². The summed E-state index contributed by atoms with van der Waals surface area (Å²) in [4.78, 5) is 0. The van der Waals surface area contributed by atoms with Crippen LogP contribution in [-0.2, 0) is 24.5 Å². The van der Waals surface area contributed by atoms with Gasteiger partial charge in [-0.2, -0.15) is 0 Å². The fourth-order valence-electron chi connectivity index (χ4n) is 0. The van der Waals surface area contributed by atoms with Crippen LogP contribution in [0.3, 0.4) is 0 Å². The molecule has 0 bridgehead atoms. The Morgan fingerprint density at radius 1 is 0.900 bits per heavy atom. The average Bonchev–Trinajstić information content (AvgIpc) is 0.722. The van der Waals surface area contributed by atoms with Crippen LogP contribution >= 0.6 is 0 Å². The molecule has 0 spiro atoms. The van der Waals surface area contributed by atoms with Crippen LogP contribution in [0.2, 0.25) is 0 Å². The maximum atomic E-state index is 8.69. The van der Waals surface area contributed by atoms with Crippen molar-refractivity contribution < 1.29 is 53.4 Å². The van der Waals surface area contributed by atoms with Gasteiger partial charge in [0.05, 0.1) is 0 Å². The van der Waals surface area contributed by atoms with E-state index in [2.05, 4.69) is 0 Å². The van der Waals surface area contributed by atoms with Crippen LogP contribution in [-0.4, -0.2) is 63.8 Å². The summed E-state index contributed by atoms with van der Waals surface area (Å²) >= 11 is -5.38. The summed E-state index contributed by atoms with van der Waals surface area (Å²) < 4.78 is 33.1. The van der Waals surface area contributed by atoms with E-state index in [9.17, 15) is 0 Å². The molecule has 0 aliphatic carbocycles. The third-order valence-corrected chi connectivity index (χ3v) is 0. The molecule has 9 N–H and O–H groups in total. The van der Waals surface area contributed by atoms with Crippen LogP contribution in [0.25, 0.3) is 0 Å². The fourth-order valence-corrected chi connectivity index (χ4v) is 0. The third-order valence-electron chi connectivity index (χ3n) is 0. The van der Waals surface area contributed by atoms with Gasteiger partial charge in [-0.1, -0.05) is 0 Å². The van der Waals surface area contributed by atoms with E-state index in [1.54, 1.807) is 0 Å². The van der Waals surface area contributed by atoms with Crippen LogP contribution in [0.5, 0.6) is 0 Å². The van der Waals surface area contributed by atoms with Gasteiger partial charge in [-0.3, -0.25) is 0 Å². The summed E-state index contributed by atoms with van der Waals surface area (Å²) in [5, 5.41) is 0. The first-order valence-electron chi connectivity index (χ1n) is 0.632. The Labute approximate surface area is 90.6 Å². The predicted molar refractivity (Wildman–Crippen MR) is 26.7 cm³/mol. The molecular weight excluding hydrogens is 223 g/mol. The maximum absolute atomic E-state index is 8.69. The molecule has 0 aliphatic heterocycles. The van der Waals surface area contributed by atoms with Crippen molar-refractivity contribution >= 4 is 37.7 Å². The van der Waals surface area contributed by atoms with Gasteiger partial charge in [0, 0.05) is 0 Å². The number of hydrogen-bond donors (Lipinski definition) is 1. The zero-order valence-electron chi connectivity index (χ0n) is 6.76. The van der Waals surface area contributed by atoms with Crippen molar-refractivity contribution in [3.8, 4) is 0 Å². The molecule has 0 fully saturated rings. The summed E-state index contributed by atoms with van der Waals surface area (Å²) in [6, 6.07) is 0. The minimum atomic E-state index is -5.38. The second kappa shape index (κ2) is 16.5. The van der Waals surface area contributed by atoms with Crippen LogP contribution in [0.4, 0.5) is 0 Å². The Morgan fingerprint density at radius 2 is 0.900 bits per heavy atom. The molecular formula is H11CaMnO8. The summed E-state index contributed by atoms with van der Waals surface area (Å²) in [7, 11) is 0. The van der Waals surface area contributed by atoms with Gasteiger partial charge >= 0.3 is 66.4 Å². The summed E-state index contributed by atoms with van der Waals surface area (Å²) in [5.41, 5.74) is 0. The van der Waals surface area contributed by atoms with E-state index in [1.165, 1.54) is 0 Å². The zero-order chi connectivity index (χ0) is 4.50. The molecule has 0 rings (SSSR count). The molecule has 68 valence electrons. The molecule has 0 atom stereocenters. The molecule has 0 unspecified atom stereocenters. The Balaban J connectivity index is -0.00000000381. The molecule has 10 heteroatoms. The van der Waals surface area contributed by atoms with E-state index in [-0.39, 0.29) is 62.5 Å². The molecule has 0 aromatic rings. The van der Waals surface area contributed by atoms with E-state index < -0.39 is 13.0 Å². The zero-order valence-corrected chi connectivity index (χ0v) is 8.15. The molecule has 0 heterocycles. The molecule has 0 aromatic heterocycles. The van der Waals surface area contributed by atoms with Crippen LogP contribution < -0.4 is 0 Å². The number of hydrogen-bond acceptors (Lipinski definition) is 3. The van der Waals surface area contributed by atoms with Gasteiger partial charge in [-0.05, 0) is 0 Å². The molecule has 0 amide bonds. The van der Waals surface area contributed by atoms with Crippen molar-refractivity contribution in [3.05, 3.63) is 0 Å². The second-order valence-electron chi connectivity index (χ2n) is 0.396. The second-order valence-corrected chi connectivity index (χ2v) is 1.63. The first-order chi connectivity index (χ1) is 2.00. The Kier molecular flexibility index (Phi) is 72.8. The first kappa shape index (κ1) is 44.1. The van der Waals surface area contributed by atoms with Gasteiger partial charge in [-0.25, -0.2) is 0 Å². The van der Waals surface area contributed by atoms with Crippen molar-refractivity contribution in [1.82, 2.24) is 0 Å². The molecule has 0 aliphatic rings. The van der Waals surface area contributed by atoms with Gasteiger partial charge < -0.3 is 24.8 Å². The van der Waals surface area contributed by atoms with Crippen molar-refractivity contribution in [2.24, 2.45) is 0 Å². The Morgan fingerprint density at radius 3 is 0.900 bits per heavy atom. The molecule has 0 aromatic carbocycles. The first-order valence-corrected chi connectivity index (χ1v) is 2.61. The summed E-state index contributed by atoms with van der Waals surface area (Å²) in [5.74, 6) is 0. The third kappa shape index (κ3) is 596. The SMILES string of the molecule is O.O.O.O.[Ca+2].[H-].[H-].[O]=[Mn](=[O])(=[O])[OH]. The quantitative estimate of drug-likeness (QED) is 0.413. The standard InChI is InChI=1S/Ca.Mn.5H2O.3O.2H/h;;5*1H2;;;;;/q+2;+1;;;;;;;;;2*-1/p-1. The minimum absolute atomic E-state index is 0. The van der Waals surface area contributed by atoms with Crippen molar-refractivity contribution in [3.63, 3.8) is 0 Å². The summed E-state index contributed by atoms with van der Waals surface area (Å²) in [6.07, 6.45) is 0. The topological polar surface area (TPSA) is 197 Å². The van der Waals surface area contributed by atoms with E-state index >= 15 is 0 Å². The van der Waals surface area contributed by atoms with Gasteiger partial charge in [0.2, 0.25) is 0 Å². The molecule has 8 nitrogen and oxygen atoms in total. The molecule has 0 saturated carbocycles. The Bertz CT molecular complexity index is 138. The fraction of sp³-hybridized carbons (Fsp3) is 0. The van der Waals surface area contributed by atoms with E-state index in [4.69, 9.17) is 15.7 Å². The normalized spacial score (nSPS) is 5.70. The average molecular weight is 234 g/mol. The molecule has 0 radical (unpaired) electrons. The van der Waals surface area contributed by atoms with Crippen LogP contribution in [0.15, 0.2) is 0 Å². The van der Waals surface area contributed by atoms with Gasteiger partial charge in [0.1, 0.15) is 0 Å². The van der Waals surface area contributed by atoms with Crippen LogP contribution in [0, 0.1) is 0 Å². The van der Waals surface area contributed by atoms with Crippen molar-refractivity contribution in [1.29, 1.82) is 0 Å². The van der Waals surface area contributed by atoms with Crippen LogP contribution in [0.1, 0.15) is 2.85 Å². The van der Waals surface area contributed by atoms with Gasteiger partial charge in [-0.15, -0.1) is 0 Å². The summed E-state index contributed by atoms with van der Waals surface area (Å²) in [6.45, 7) is 0. The predicted octanol–water partition coefficient (Wildman–Crippen LogP) is -4.37. The number of rotatable bonds is 0. The van der Waals surface area contributed by atoms with Gasteiger partial charge in [0.25, 0.3) is 0 Å². The van der Waals surface area contributed by atoms with Crippen molar-refractivity contribution in [2.45, 2.75) is 0 Å². The molecule has 0 saturated heterocycles.